The van der Waals surface area contributed by atoms with E-state index in [-0.39, 0.29) is 11.9 Å². The highest BCUT2D eigenvalue weighted by atomic mass is 16.2. The van der Waals surface area contributed by atoms with E-state index >= 15 is 0 Å². The number of anilines is 4. The number of para-hydroxylation sites is 1. The maximum atomic E-state index is 11.5. The molecule has 34 heavy (non-hydrogen) atoms. The van der Waals surface area contributed by atoms with Gasteiger partial charge < -0.3 is 20.9 Å². The maximum absolute atomic E-state index is 11.5. The molecular formula is C27H28N6O. The first-order chi connectivity index (χ1) is 16.6. The summed E-state index contributed by atoms with van der Waals surface area (Å²) in [6.45, 7) is 3.19. The molecule has 1 unspecified atom stereocenters. The second-order valence-corrected chi connectivity index (χ2v) is 8.57. The van der Waals surface area contributed by atoms with Crippen LogP contribution in [0.1, 0.15) is 13.3 Å². The number of aromatic nitrogens is 2. The van der Waals surface area contributed by atoms with Crippen molar-refractivity contribution in [2.45, 2.75) is 19.4 Å². The summed E-state index contributed by atoms with van der Waals surface area (Å²) in [6, 6.07) is 22.8. The Hall–Kier alpha value is -4.13. The SMILES string of the molecule is CNc1cccc(-c2cccc3cnc(Nc4ccc(NC5CCN(C(C)=O)C5)cc4)nc23)c1. The number of nitrogens with zero attached hydrogens (tertiary/aromatic N) is 3. The standard InChI is InChI=1S/C27H28N6O/c1-18(34)33-14-13-24(17-33)30-21-9-11-22(12-10-21)31-27-29-16-20-6-4-8-25(26(20)32-27)19-5-3-7-23(15-19)28-2/h3-12,15-16,24,28,30H,13-14,17H2,1-2H3,(H,29,31,32). The molecule has 0 spiro atoms. The van der Waals surface area contributed by atoms with Gasteiger partial charge in [0.05, 0.1) is 5.52 Å². The van der Waals surface area contributed by atoms with E-state index in [1.54, 1.807) is 6.92 Å². The summed E-state index contributed by atoms with van der Waals surface area (Å²) in [7, 11) is 1.92. The Balaban J connectivity index is 1.33. The van der Waals surface area contributed by atoms with Crippen molar-refractivity contribution in [3.8, 4) is 11.1 Å². The Kier molecular flexibility index (Phi) is 5.99. The molecule has 1 atom stereocenters. The van der Waals surface area contributed by atoms with Crippen LogP contribution in [-0.4, -0.2) is 47.0 Å². The van der Waals surface area contributed by atoms with Crippen LogP contribution in [-0.2, 0) is 4.79 Å². The molecule has 2 heterocycles. The van der Waals surface area contributed by atoms with Crippen molar-refractivity contribution in [2.24, 2.45) is 0 Å². The number of amides is 1. The van der Waals surface area contributed by atoms with E-state index in [9.17, 15) is 4.79 Å². The lowest BCUT2D eigenvalue weighted by Crippen LogP contribution is -2.29. The molecule has 7 heteroatoms. The van der Waals surface area contributed by atoms with E-state index in [4.69, 9.17) is 4.98 Å². The Bertz CT molecular complexity index is 1320. The van der Waals surface area contributed by atoms with Crippen molar-refractivity contribution in [1.82, 2.24) is 14.9 Å². The van der Waals surface area contributed by atoms with E-state index in [1.165, 1.54) is 0 Å². The molecule has 3 aromatic carbocycles. The summed E-state index contributed by atoms with van der Waals surface area (Å²) >= 11 is 0. The van der Waals surface area contributed by atoms with Gasteiger partial charge >= 0.3 is 0 Å². The van der Waals surface area contributed by atoms with Crippen LogP contribution in [0.4, 0.5) is 23.0 Å². The van der Waals surface area contributed by atoms with Crippen LogP contribution < -0.4 is 16.0 Å². The fourth-order valence-corrected chi connectivity index (χ4v) is 4.37. The molecule has 1 saturated heterocycles. The van der Waals surface area contributed by atoms with Gasteiger partial charge in [-0.2, -0.15) is 0 Å². The maximum Gasteiger partial charge on any atom is 0.227 e. The van der Waals surface area contributed by atoms with Gasteiger partial charge in [-0.1, -0.05) is 30.3 Å². The molecule has 1 fully saturated rings. The van der Waals surface area contributed by atoms with Gasteiger partial charge in [0.15, 0.2) is 0 Å². The topological polar surface area (TPSA) is 82.2 Å². The van der Waals surface area contributed by atoms with Crippen LogP contribution in [0.25, 0.3) is 22.0 Å². The number of rotatable bonds is 6. The van der Waals surface area contributed by atoms with Crippen molar-refractivity contribution >= 4 is 39.8 Å². The molecule has 1 aliphatic rings. The molecule has 7 nitrogen and oxygen atoms in total. The molecule has 1 aromatic heterocycles. The minimum absolute atomic E-state index is 0.136. The third-order valence-corrected chi connectivity index (χ3v) is 6.22. The predicted octanol–water partition coefficient (Wildman–Crippen LogP) is 5.11. The number of hydrogen-bond donors (Lipinski definition) is 3. The van der Waals surface area contributed by atoms with Crippen molar-refractivity contribution in [2.75, 3.05) is 36.1 Å². The quantitative estimate of drug-likeness (QED) is 0.377. The zero-order valence-corrected chi connectivity index (χ0v) is 19.4. The summed E-state index contributed by atoms with van der Waals surface area (Å²) in [5, 5.41) is 11.0. The molecule has 4 aromatic rings. The molecule has 3 N–H and O–H groups in total. The third kappa shape index (κ3) is 4.64. The smallest absolute Gasteiger partial charge is 0.227 e. The molecule has 0 aliphatic carbocycles. The largest absolute Gasteiger partial charge is 0.388 e. The lowest BCUT2D eigenvalue weighted by molar-refractivity contribution is -0.127. The van der Waals surface area contributed by atoms with Gasteiger partial charge in [-0.3, -0.25) is 4.79 Å². The number of benzene rings is 3. The zero-order valence-electron chi connectivity index (χ0n) is 19.4. The van der Waals surface area contributed by atoms with Crippen molar-refractivity contribution < 1.29 is 4.79 Å². The second kappa shape index (κ2) is 9.39. The minimum Gasteiger partial charge on any atom is -0.388 e. The summed E-state index contributed by atoms with van der Waals surface area (Å²) in [5.41, 5.74) is 6.08. The molecule has 1 aliphatic heterocycles. The van der Waals surface area contributed by atoms with E-state index in [1.807, 2.05) is 66.7 Å². The Morgan fingerprint density at radius 3 is 2.56 bits per heavy atom. The number of carbonyl (C=O) groups is 1. The van der Waals surface area contributed by atoms with E-state index < -0.39 is 0 Å². The monoisotopic (exact) mass is 452 g/mol. The third-order valence-electron chi connectivity index (χ3n) is 6.22. The first-order valence-electron chi connectivity index (χ1n) is 11.5. The van der Waals surface area contributed by atoms with Gasteiger partial charge in [-0.15, -0.1) is 0 Å². The molecule has 172 valence electrons. The van der Waals surface area contributed by atoms with Gasteiger partial charge in [0, 0.05) is 67.3 Å². The lowest BCUT2D eigenvalue weighted by Gasteiger charge is -2.16. The minimum atomic E-state index is 0.136. The average molecular weight is 453 g/mol. The Morgan fingerprint density at radius 1 is 1.00 bits per heavy atom. The highest BCUT2D eigenvalue weighted by Gasteiger charge is 2.23. The van der Waals surface area contributed by atoms with E-state index in [0.29, 0.717) is 5.95 Å². The second-order valence-electron chi connectivity index (χ2n) is 8.57. The van der Waals surface area contributed by atoms with Crippen molar-refractivity contribution in [1.29, 1.82) is 0 Å². The number of carbonyl (C=O) groups excluding carboxylic acids is 1. The van der Waals surface area contributed by atoms with E-state index in [0.717, 1.165) is 58.6 Å². The predicted molar refractivity (Wildman–Crippen MR) is 139 cm³/mol. The van der Waals surface area contributed by atoms with Crippen molar-refractivity contribution in [3.05, 3.63) is 72.9 Å². The summed E-state index contributed by atoms with van der Waals surface area (Å²) < 4.78 is 0. The molecule has 5 rings (SSSR count). The number of nitrogens with one attached hydrogen (secondary N) is 3. The lowest BCUT2D eigenvalue weighted by atomic mass is 10.0. The van der Waals surface area contributed by atoms with Crippen LogP contribution in [0.5, 0.6) is 0 Å². The Labute approximate surface area is 199 Å². The van der Waals surface area contributed by atoms with Gasteiger partial charge in [0.1, 0.15) is 0 Å². The average Bonchev–Trinajstić information content (AvgIpc) is 3.34. The summed E-state index contributed by atoms with van der Waals surface area (Å²) in [5.74, 6) is 0.690. The van der Waals surface area contributed by atoms with Crippen molar-refractivity contribution in [3.63, 3.8) is 0 Å². The summed E-state index contributed by atoms with van der Waals surface area (Å²) in [4.78, 5) is 22.8. The first-order valence-corrected chi connectivity index (χ1v) is 11.5. The highest BCUT2D eigenvalue weighted by Crippen LogP contribution is 2.30. The number of likely N-dealkylation sites (tertiary alicyclic amines) is 1. The first kappa shape index (κ1) is 21.7. The van der Waals surface area contributed by atoms with Gasteiger partial charge in [0.25, 0.3) is 0 Å². The van der Waals surface area contributed by atoms with Crippen LogP contribution in [0.15, 0.2) is 72.9 Å². The van der Waals surface area contributed by atoms with Gasteiger partial charge in [-0.05, 0) is 48.4 Å². The fraction of sp³-hybridized carbons (Fsp3) is 0.222. The van der Waals surface area contributed by atoms with Crippen LogP contribution in [0.2, 0.25) is 0 Å². The van der Waals surface area contributed by atoms with Crippen LogP contribution in [0, 0.1) is 0 Å². The molecule has 0 saturated carbocycles. The van der Waals surface area contributed by atoms with Gasteiger partial charge in [0.2, 0.25) is 11.9 Å². The number of fused-ring (bicyclic) bond motifs is 1. The fourth-order valence-electron chi connectivity index (χ4n) is 4.37. The summed E-state index contributed by atoms with van der Waals surface area (Å²) in [6.07, 6.45) is 2.82. The van der Waals surface area contributed by atoms with E-state index in [2.05, 4.69) is 39.1 Å². The highest BCUT2D eigenvalue weighted by molar-refractivity contribution is 5.94. The zero-order chi connectivity index (χ0) is 23.5. The van der Waals surface area contributed by atoms with Crippen LogP contribution >= 0.6 is 0 Å². The van der Waals surface area contributed by atoms with Gasteiger partial charge in [-0.25, -0.2) is 9.97 Å². The number of hydrogen-bond acceptors (Lipinski definition) is 6. The molecular weight excluding hydrogens is 424 g/mol. The Morgan fingerprint density at radius 2 is 1.79 bits per heavy atom. The normalized spacial score (nSPS) is 15.4. The molecule has 0 bridgehead atoms. The molecule has 0 radical (unpaired) electrons. The molecule has 1 amide bonds. The van der Waals surface area contributed by atoms with Crippen LogP contribution in [0.3, 0.4) is 0 Å².